The first kappa shape index (κ1) is 12.5. The monoisotopic (exact) mass is 246 g/mol. The zero-order chi connectivity index (χ0) is 13.0. The number of nitrogens with zero attached hydrogens (tertiary/aromatic N) is 1. The zero-order valence-electron chi connectivity index (χ0n) is 10.8. The van der Waals surface area contributed by atoms with Crippen molar-refractivity contribution in [2.24, 2.45) is 0 Å². The minimum Gasteiger partial charge on any atom is -0.493 e. The van der Waals surface area contributed by atoms with Gasteiger partial charge in [-0.15, -0.1) is 0 Å². The van der Waals surface area contributed by atoms with Gasteiger partial charge in [0, 0.05) is 5.56 Å². The quantitative estimate of drug-likeness (QED) is 0.879. The van der Waals surface area contributed by atoms with Gasteiger partial charge in [-0.05, 0) is 25.5 Å². The number of para-hydroxylation sites is 1. The lowest BCUT2D eigenvalue weighted by Gasteiger charge is -2.08. The predicted octanol–water partition coefficient (Wildman–Crippen LogP) is 3.28. The first-order valence-electron chi connectivity index (χ1n) is 6.24. The molecule has 0 saturated carbocycles. The van der Waals surface area contributed by atoms with E-state index in [1.165, 1.54) is 0 Å². The summed E-state index contributed by atoms with van der Waals surface area (Å²) in [6, 6.07) is 7.78. The first-order chi connectivity index (χ1) is 8.77. The fourth-order valence-corrected chi connectivity index (χ4v) is 1.96. The number of hydrogen-bond donors (Lipinski definition) is 1. The summed E-state index contributed by atoms with van der Waals surface area (Å²) in [7, 11) is 0. The average Bonchev–Trinajstić information content (AvgIpc) is 2.73. The van der Waals surface area contributed by atoms with Gasteiger partial charge in [0.25, 0.3) is 0 Å². The lowest BCUT2D eigenvalue weighted by atomic mass is 10.0. The standard InChI is InChI=1S/C14H18N2O2/c1-3-7-11-13(18-16-14(11)15)10-8-5-6-9-12(10)17-4-2/h5-6,8-9H,3-4,7H2,1-2H3,(H2,15,16). The van der Waals surface area contributed by atoms with Crippen molar-refractivity contribution in [1.29, 1.82) is 0 Å². The summed E-state index contributed by atoms with van der Waals surface area (Å²) in [6.45, 7) is 4.67. The Morgan fingerprint density at radius 1 is 1.28 bits per heavy atom. The molecule has 0 amide bonds. The van der Waals surface area contributed by atoms with Crippen molar-refractivity contribution in [2.75, 3.05) is 12.3 Å². The van der Waals surface area contributed by atoms with Gasteiger partial charge >= 0.3 is 0 Å². The third-order valence-electron chi connectivity index (χ3n) is 2.75. The Bertz CT molecular complexity index is 520. The summed E-state index contributed by atoms with van der Waals surface area (Å²) in [4.78, 5) is 0. The van der Waals surface area contributed by atoms with Gasteiger partial charge in [-0.3, -0.25) is 0 Å². The number of benzene rings is 1. The Morgan fingerprint density at radius 2 is 2.06 bits per heavy atom. The van der Waals surface area contributed by atoms with E-state index in [2.05, 4.69) is 12.1 Å². The van der Waals surface area contributed by atoms with E-state index in [-0.39, 0.29) is 0 Å². The maximum atomic E-state index is 5.84. The van der Waals surface area contributed by atoms with Crippen LogP contribution in [0.2, 0.25) is 0 Å². The number of ether oxygens (including phenoxy) is 1. The highest BCUT2D eigenvalue weighted by molar-refractivity contribution is 5.71. The van der Waals surface area contributed by atoms with Crippen molar-refractivity contribution < 1.29 is 9.26 Å². The van der Waals surface area contributed by atoms with Gasteiger partial charge in [-0.1, -0.05) is 30.6 Å². The van der Waals surface area contributed by atoms with Crippen LogP contribution in [0.5, 0.6) is 5.75 Å². The van der Waals surface area contributed by atoms with Crippen molar-refractivity contribution in [3.05, 3.63) is 29.8 Å². The molecule has 4 heteroatoms. The van der Waals surface area contributed by atoms with Crippen molar-refractivity contribution in [1.82, 2.24) is 5.16 Å². The predicted molar refractivity (Wildman–Crippen MR) is 71.5 cm³/mol. The van der Waals surface area contributed by atoms with Crippen molar-refractivity contribution in [3.63, 3.8) is 0 Å². The number of anilines is 1. The van der Waals surface area contributed by atoms with Crippen LogP contribution in [0.3, 0.4) is 0 Å². The van der Waals surface area contributed by atoms with E-state index in [0.717, 1.165) is 35.5 Å². The van der Waals surface area contributed by atoms with Gasteiger partial charge in [0.15, 0.2) is 11.6 Å². The van der Waals surface area contributed by atoms with Gasteiger partial charge in [-0.2, -0.15) is 0 Å². The second kappa shape index (κ2) is 5.58. The van der Waals surface area contributed by atoms with E-state index in [1.54, 1.807) is 0 Å². The average molecular weight is 246 g/mol. The molecule has 0 aliphatic rings. The number of hydrogen-bond acceptors (Lipinski definition) is 4. The van der Waals surface area contributed by atoms with Crippen LogP contribution in [-0.2, 0) is 6.42 Å². The molecule has 0 radical (unpaired) electrons. The van der Waals surface area contributed by atoms with E-state index < -0.39 is 0 Å². The van der Waals surface area contributed by atoms with Crippen molar-refractivity contribution in [2.45, 2.75) is 26.7 Å². The summed E-state index contributed by atoms with van der Waals surface area (Å²) in [5.74, 6) is 1.99. The fourth-order valence-electron chi connectivity index (χ4n) is 1.96. The third-order valence-corrected chi connectivity index (χ3v) is 2.75. The highest BCUT2D eigenvalue weighted by Crippen LogP contribution is 2.35. The largest absolute Gasteiger partial charge is 0.493 e. The molecule has 0 saturated heterocycles. The van der Waals surface area contributed by atoms with E-state index >= 15 is 0 Å². The molecule has 1 aromatic heterocycles. The first-order valence-corrected chi connectivity index (χ1v) is 6.24. The van der Waals surface area contributed by atoms with Gasteiger partial charge in [0.05, 0.1) is 12.2 Å². The summed E-state index contributed by atoms with van der Waals surface area (Å²) in [6.07, 6.45) is 1.85. The topological polar surface area (TPSA) is 61.3 Å². The SMILES string of the molecule is CCCc1c(N)noc1-c1ccccc1OCC. The molecule has 1 aromatic carbocycles. The van der Waals surface area contributed by atoms with Crippen LogP contribution < -0.4 is 10.5 Å². The molecule has 0 unspecified atom stereocenters. The minimum absolute atomic E-state index is 0.471. The number of aromatic nitrogens is 1. The van der Waals surface area contributed by atoms with Gasteiger partial charge < -0.3 is 15.0 Å². The van der Waals surface area contributed by atoms with E-state index in [1.807, 2.05) is 31.2 Å². The molecule has 0 fully saturated rings. The lowest BCUT2D eigenvalue weighted by Crippen LogP contribution is -1.96. The second-order valence-corrected chi connectivity index (χ2v) is 4.05. The molecule has 2 aromatic rings. The van der Waals surface area contributed by atoms with Gasteiger partial charge in [0.1, 0.15) is 5.75 Å². The molecular weight excluding hydrogens is 228 g/mol. The molecule has 0 spiro atoms. The molecule has 0 aliphatic heterocycles. The normalized spacial score (nSPS) is 10.6. The zero-order valence-corrected chi connectivity index (χ0v) is 10.8. The van der Waals surface area contributed by atoms with E-state index in [4.69, 9.17) is 15.0 Å². The van der Waals surface area contributed by atoms with Gasteiger partial charge in [-0.25, -0.2) is 0 Å². The Morgan fingerprint density at radius 3 is 2.78 bits per heavy atom. The number of nitrogen functional groups attached to an aromatic ring is 1. The number of nitrogens with two attached hydrogens (primary N) is 1. The molecular formula is C14H18N2O2. The van der Waals surface area contributed by atoms with Crippen LogP contribution >= 0.6 is 0 Å². The minimum atomic E-state index is 0.471. The summed E-state index contributed by atoms with van der Waals surface area (Å²) in [5.41, 5.74) is 7.72. The molecule has 0 bridgehead atoms. The Kier molecular flexibility index (Phi) is 3.87. The van der Waals surface area contributed by atoms with Crippen LogP contribution in [0, 0.1) is 0 Å². The third kappa shape index (κ3) is 2.32. The maximum absolute atomic E-state index is 5.84. The molecule has 2 N–H and O–H groups in total. The molecule has 0 aliphatic carbocycles. The molecule has 2 rings (SSSR count). The highest BCUT2D eigenvalue weighted by atomic mass is 16.5. The lowest BCUT2D eigenvalue weighted by molar-refractivity contribution is 0.339. The van der Waals surface area contributed by atoms with Gasteiger partial charge in [0.2, 0.25) is 0 Å². The smallest absolute Gasteiger partial charge is 0.175 e. The highest BCUT2D eigenvalue weighted by Gasteiger charge is 2.18. The van der Waals surface area contributed by atoms with Crippen LogP contribution in [0.1, 0.15) is 25.8 Å². The number of rotatable bonds is 5. The molecule has 1 heterocycles. The van der Waals surface area contributed by atoms with E-state index in [0.29, 0.717) is 12.4 Å². The van der Waals surface area contributed by atoms with Crippen LogP contribution in [0.4, 0.5) is 5.82 Å². The maximum Gasteiger partial charge on any atom is 0.175 e. The Labute approximate surface area is 107 Å². The fraction of sp³-hybridized carbons (Fsp3) is 0.357. The molecule has 4 nitrogen and oxygen atoms in total. The summed E-state index contributed by atoms with van der Waals surface area (Å²) >= 11 is 0. The van der Waals surface area contributed by atoms with Crippen LogP contribution in [-0.4, -0.2) is 11.8 Å². The molecule has 18 heavy (non-hydrogen) atoms. The summed E-state index contributed by atoms with van der Waals surface area (Å²) < 4.78 is 11.0. The molecule has 0 atom stereocenters. The van der Waals surface area contributed by atoms with Crippen molar-refractivity contribution >= 4 is 5.82 Å². The Hall–Kier alpha value is -1.97. The van der Waals surface area contributed by atoms with Crippen LogP contribution in [0.25, 0.3) is 11.3 Å². The summed E-state index contributed by atoms with van der Waals surface area (Å²) in [5, 5.41) is 3.86. The van der Waals surface area contributed by atoms with E-state index in [9.17, 15) is 0 Å². The van der Waals surface area contributed by atoms with Crippen molar-refractivity contribution in [3.8, 4) is 17.1 Å². The van der Waals surface area contributed by atoms with Crippen LogP contribution in [0.15, 0.2) is 28.8 Å². The molecule has 96 valence electrons. The second-order valence-electron chi connectivity index (χ2n) is 4.05. The Balaban J connectivity index is 2.48.